The minimum Gasteiger partial charge on any atom is -0.389 e. The lowest BCUT2D eigenvalue weighted by molar-refractivity contribution is 0.0691. The summed E-state index contributed by atoms with van der Waals surface area (Å²) in [6.07, 6.45) is 1.82. The van der Waals surface area contributed by atoms with Crippen LogP contribution in [0.3, 0.4) is 0 Å². The van der Waals surface area contributed by atoms with Crippen LogP contribution < -0.4 is 0 Å². The molecule has 12 heavy (non-hydrogen) atoms. The molecule has 0 spiro atoms. The van der Waals surface area contributed by atoms with Crippen molar-refractivity contribution in [2.45, 2.75) is 32.3 Å². The van der Waals surface area contributed by atoms with E-state index in [1.165, 1.54) is 0 Å². The van der Waals surface area contributed by atoms with E-state index in [0.717, 1.165) is 32.5 Å². The molecule has 1 saturated heterocycles. The summed E-state index contributed by atoms with van der Waals surface area (Å²) in [5.41, 5.74) is -0.459. The highest BCUT2D eigenvalue weighted by molar-refractivity contribution is 4.96. The van der Waals surface area contributed by atoms with Crippen LogP contribution in [0.15, 0.2) is 0 Å². The second-order valence-electron chi connectivity index (χ2n) is 3.70. The maximum atomic E-state index is 9.64. The molecule has 0 aliphatic carbocycles. The predicted molar refractivity (Wildman–Crippen MR) is 49.7 cm³/mol. The van der Waals surface area contributed by atoms with Crippen LogP contribution in [0.5, 0.6) is 0 Å². The Kier molecular flexibility index (Phi) is 3.13. The third-order valence-electron chi connectivity index (χ3n) is 2.26. The van der Waals surface area contributed by atoms with Gasteiger partial charge in [-0.15, -0.1) is 11.8 Å². The van der Waals surface area contributed by atoms with Crippen LogP contribution in [-0.2, 0) is 0 Å². The maximum Gasteiger partial charge on any atom is 0.0758 e. The summed E-state index contributed by atoms with van der Waals surface area (Å²) < 4.78 is 0. The summed E-state index contributed by atoms with van der Waals surface area (Å²) >= 11 is 0. The summed E-state index contributed by atoms with van der Waals surface area (Å²) in [5.74, 6) is 5.90. The van der Waals surface area contributed by atoms with Crippen LogP contribution in [0.2, 0.25) is 0 Å². The Hall–Kier alpha value is -0.520. The van der Waals surface area contributed by atoms with Crippen LogP contribution in [0, 0.1) is 11.8 Å². The summed E-state index contributed by atoms with van der Waals surface area (Å²) in [7, 11) is 0. The molecule has 1 aliphatic rings. The van der Waals surface area contributed by atoms with Gasteiger partial charge in [0.1, 0.15) is 0 Å². The fraction of sp³-hybridized carbons (Fsp3) is 0.800. The monoisotopic (exact) mass is 167 g/mol. The molecule has 1 fully saturated rings. The van der Waals surface area contributed by atoms with Gasteiger partial charge in [-0.1, -0.05) is 0 Å². The number of rotatable bonds is 2. The van der Waals surface area contributed by atoms with Crippen molar-refractivity contribution in [1.82, 2.24) is 4.90 Å². The highest BCUT2D eigenvalue weighted by Gasteiger charge is 2.30. The molecule has 1 unspecified atom stereocenters. The van der Waals surface area contributed by atoms with Crippen LogP contribution in [-0.4, -0.2) is 35.2 Å². The van der Waals surface area contributed by atoms with Crippen molar-refractivity contribution in [3.05, 3.63) is 0 Å². The molecule has 68 valence electrons. The Morgan fingerprint density at radius 1 is 1.58 bits per heavy atom. The summed E-state index contributed by atoms with van der Waals surface area (Å²) in [6, 6.07) is 0. The maximum absolute atomic E-state index is 9.64. The Balaban J connectivity index is 2.22. The largest absolute Gasteiger partial charge is 0.389 e. The predicted octanol–water partition coefficient (Wildman–Crippen LogP) is 0.857. The third kappa shape index (κ3) is 2.84. The second-order valence-corrected chi connectivity index (χ2v) is 3.70. The van der Waals surface area contributed by atoms with Crippen LogP contribution >= 0.6 is 0 Å². The Bertz CT molecular complexity index is 200. The first-order valence-corrected chi connectivity index (χ1v) is 4.48. The zero-order valence-electron chi connectivity index (χ0n) is 7.93. The molecule has 1 aliphatic heterocycles. The van der Waals surface area contributed by atoms with Gasteiger partial charge in [0.15, 0.2) is 0 Å². The van der Waals surface area contributed by atoms with Gasteiger partial charge in [0, 0.05) is 26.1 Å². The molecule has 0 aromatic heterocycles. The summed E-state index contributed by atoms with van der Waals surface area (Å²) in [6.45, 7) is 6.58. The van der Waals surface area contributed by atoms with Gasteiger partial charge < -0.3 is 5.11 Å². The molecule has 2 nitrogen and oxygen atoms in total. The van der Waals surface area contributed by atoms with Crippen LogP contribution in [0.4, 0.5) is 0 Å². The first kappa shape index (κ1) is 9.57. The lowest BCUT2D eigenvalue weighted by Crippen LogP contribution is -2.30. The van der Waals surface area contributed by atoms with Crippen LogP contribution in [0.25, 0.3) is 0 Å². The Morgan fingerprint density at radius 2 is 2.33 bits per heavy atom. The highest BCUT2D eigenvalue weighted by Crippen LogP contribution is 2.19. The van der Waals surface area contributed by atoms with Gasteiger partial charge in [0.05, 0.1) is 5.60 Å². The minimum atomic E-state index is -0.459. The Morgan fingerprint density at radius 3 is 2.83 bits per heavy atom. The standard InChI is InChI=1S/C10H17NO/c1-3-4-5-7-11-8-6-10(2,12)9-11/h12H,5-9H2,1-2H3. The molecule has 1 atom stereocenters. The molecule has 0 amide bonds. The zero-order valence-corrected chi connectivity index (χ0v) is 7.93. The zero-order chi connectivity index (χ0) is 9.03. The lowest BCUT2D eigenvalue weighted by atomic mass is 10.1. The van der Waals surface area contributed by atoms with E-state index in [0.29, 0.717) is 0 Å². The molecular formula is C10H17NO. The lowest BCUT2D eigenvalue weighted by Gasteiger charge is -2.17. The van der Waals surface area contributed by atoms with E-state index >= 15 is 0 Å². The normalized spacial score (nSPS) is 29.9. The fourth-order valence-corrected chi connectivity index (χ4v) is 1.57. The van der Waals surface area contributed by atoms with Crippen molar-refractivity contribution in [3.63, 3.8) is 0 Å². The first-order valence-electron chi connectivity index (χ1n) is 4.48. The smallest absolute Gasteiger partial charge is 0.0758 e. The number of likely N-dealkylation sites (tertiary alicyclic amines) is 1. The van der Waals surface area contributed by atoms with Crippen molar-refractivity contribution >= 4 is 0 Å². The number of nitrogens with zero attached hydrogens (tertiary/aromatic N) is 1. The van der Waals surface area contributed by atoms with Crippen molar-refractivity contribution in [3.8, 4) is 11.8 Å². The number of β-amino-alcohol motifs (C(OH)–C–C–N with tert-alkyl or cyclic N) is 1. The van der Waals surface area contributed by atoms with Crippen molar-refractivity contribution in [1.29, 1.82) is 0 Å². The van der Waals surface area contributed by atoms with Crippen molar-refractivity contribution < 1.29 is 5.11 Å². The molecule has 0 radical (unpaired) electrons. The van der Waals surface area contributed by atoms with E-state index in [1.54, 1.807) is 0 Å². The molecular weight excluding hydrogens is 150 g/mol. The molecule has 1 N–H and O–H groups in total. The minimum absolute atomic E-state index is 0.459. The molecule has 0 bridgehead atoms. The van der Waals surface area contributed by atoms with E-state index in [2.05, 4.69) is 16.7 Å². The fourth-order valence-electron chi connectivity index (χ4n) is 1.57. The quantitative estimate of drug-likeness (QED) is 0.616. The third-order valence-corrected chi connectivity index (χ3v) is 2.26. The average Bonchev–Trinajstić information content (AvgIpc) is 2.31. The number of aliphatic hydroxyl groups is 1. The molecule has 1 rings (SSSR count). The highest BCUT2D eigenvalue weighted by atomic mass is 16.3. The molecule has 0 aromatic rings. The van der Waals surface area contributed by atoms with Gasteiger partial charge in [-0.3, -0.25) is 4.90 Å². The Labute approximate surface area is 74.6 Å². The molecule has 0 aromatic carbocycles. The van der Waals surface area contributed by atoms with E-state index in [9.17, 15) is 5.11 Å². The molecule has 2 heteroatoms. The van der Waals surface area contributed by atoms with Crippen molar-refractivity contribution in [2.75, 3.05) is 19.6 Å². The first-order chi connectivity index (χ1) is 5.64. The molecule has 1 heterocycles. The van der Waals surface area contributed by atoms with Crippen molar-refractivity contribution in [2.24, 2.45) is 0 Å². The molecule has 0 saturated carbocycles. The van der Waals surface area contributed by atoms with Gasteiger partial charge in [-0.25, -0.2) is 0 Å². The van der Waals surface area contributed by atoms with E-state index in [1.807, 2.05) is 13.8 Å². The number of hydrogen-bond donors (Lipinski definition) is 1. The van der Waals surface area contributed by atoms with Gasteiger partial charge in [0.2, 0.25) is 0 Å². The number of hydrogen-bond acceptors (Lipinski definition) is 2. The summed E-state index contributed by atoms with van der Waals surface area (Å²) in [5, 5.41) is 9.64. The van der Waals surface area contributed by atoms with E-state index < -0.39 is 5.60 Å². The van der Waals surface area contributed by atoms with Gasteiger partial charge >= 0.3 is 0 Å². The van der Waals surface area contributed by atoms with Gasteiger partial charge in [0.25, 0.3) is 0 Å². The SMILES string of the molecule is CC#CCCN1CCC(C)(O)C1. The van der Waals surface area contributed by atoms with E-state index in [-0.39, 0.29) is 0 Å². The van der Waals surface area contributed by atoms with E-state index in [4.69, 9.17) is 0 Å². The second kappa shape index (κ2) is 3.93. The topological polar surface area (TPSA) is 23.5 Å². The summed E-state index contributed by atoms with van der Waals surface area (Å²) in [4.78, 5) is 2.27. The average molecular weight is 167 g/mol. The van der Waals surface area contributed by atoms with Crippen LogP contribution in [0.1, 0.15) is 26.7 Å². The van der Waals surface area contributed by atoms with Gasteiger partial charge in [-0.2, -0.15) is 0 Å². The van der Waals surface area contributed by atoms with Gasteiger partial charge in [-0.05, 0) is 20.3 Å².